The number of pyridine rings is 1. The van der Waals surface area contributed by atoms with E-state index in [9.17, 15) is 4.79 Å². The van der Waals surface area contributed by atoms with Gasteiger partial charge in [0.05, 0.1) is 24.7 Å². The van der Waals surface area contributed by atoms with E-state index in [4.69, 9.17) is 14.3 Å². The molecule has 0 unspecified atom stereocenters. The highest BCUT2D eigenvalue weighted by Gasteiger charge is 2.14. The smallest absolute Gasteiger partial charge is 0.220 e. The van der Waals surface area contributed by atoms with Gasteiger partial charge in [0.1, 0.15) is 5.75 Å². The lowest BCUT2D eigenvalue weighted by Gasteiger charge is -2.05. The summed E-state index contributed by atoms with van der Waals surface area (Å²) >= 11 is 0. The Labute approximate surface area is 208 Å². The third-order valence-electron chi connectivity index (χ3n) is 5.73. The van der Waals surface area contributed by atoms with Crippen molar-refractivity contribution in [1.29, 1.82) is 0 Å². The first-order valence-corrected chi connectivity index (χ1v) is 11.6. The highest BCUT2D eigenvalue weighted by atomic mass is 16.5. The quantitative estimate of drug-likeness (QED) is 0.325. The van der Waals surface area contributed by atoms with Crippen molar-refractivity contribution < 1.29 is 13.9 Å². The molecule has 0 spiro atoms. The Morgan fingerprint density at radius 1 is 1.00 bits per heavy atom. The molecular formula is C28H25N5O3. The van der Waals surface area contributed by atoms with E-state index in [1.807, 2.05) is 77.6 Å². The predicted octanol–water partition coefficient (Wildman–Crippen LogP) is 4.85. The number of hydrogen-bond acceptors (Lipinski definition) is 6. The summed E-state index contributed by atoms with van der Waals surface area (Å²) in [7, 11) is 1.63. The van der Waals surface area contributed by atoms with Crippen LogP contribution in [0.4, 0.5) is 0 Å². The highest BCUT2D eigenvalue weighted by Crippen LogP contribution is 2.24. The Balaban J connectivity index is 1.23. The molecule has 8 nitrogen and oxygen atoms in total. The van der Waals surface area contributed by atoms with Gasteiger partial charge >= 0.3 is 0 Å². The van der Waals surface area contributed by atoms with Gasteiger partial charge in [-0.1, -0.05) is 18.2 Å². The number of rotatable bonds is 9. The number of methoxy groups -OCH3 is 1. The number of ether oxygens (including phenoxy) is 1. The van der Waals surface area contributed by atoms with Crippen LogP contribution in [0.3, 0.4) is 0 Å². The number of amides is 1. The van der Waals surface area contributed by atoms with Gasteiger partial charge in [-0.3, -0.25) is 9.78 Å². The number of carbonyl (C=O) groups is 1. The number of para-hydroxylation sites is 1. The van der Waals surface area contributed by atoms with Crippen LogP contribution in [-0.2, 0) is 17.8 Å². The summed E-state index contributed by atoms with van der Waals surface area (Å²) in [5, 5.41) is 7.77. The third kappa shape index (κ3) is 5.33. The van der Waals surface area contributed by atoms with Crippen LogP contribution in [0, 0.1) is 0 Å². The first kappa shape index (κ1) is 23.0. The van der Waals surface area contributed by atoms with Gasteiger partial charge in [0.25, 0.3) is 0 Å². The van der Waals surface area contributed by atoms with Gasteiger partial charge in [-0.05, 0) is 48.5 Å². The summed E-state index contributed by atoms with van der Waals surface area (Å²) in [5.74, 6) is 1.86. The standard InChI is InChI=1S/C28H25N5O3/c1-35-24-9-7-20(8-10-24)25-18-31-27(36-25)12-11-26(34)30-17-22-19-33(23-5-3-2-4-6-23)32-28(22)21-13-15-29-16-14-21/h2-10,13-16,18-19H,11-12,17H2,1H3,(H,30,34). The number of nitrogens with zero attached hydrogens (tertiary/aromatic N) is 4. The van der Waals surface area contributed by atoms with Crippen LogP contribution in [0.2, 0.25) is 0 Å². The second kappa shape index (κ2) is 10.7. The molecule has 3 aromatic heterocycles. The van der Waals surface area contributed by atoms with Crippen molar-refractivity contribution in [3.05, 3.63) is 103 Å². The predicted molar refractivity (Wildman–Crippen MR) is 135 cm³/mol. The summed E-state index contributed by atoms with van der Waals surface area (Å²) in [4.78, 5) is 21.0. The van der Waals surface area contributed by atoms with Gasteiger partial charge in [-0.2, -0.15) is 5.10 Å². The lowest BCUT2D eigenvalue weighted by Crippen LogP contribution is -2.23. The van der Waals surface area contributed by atoms with Crippen LogP contribution in [0.1, 0.15) is 17.9 Å². The van der Waals surface area contributed by atoms with E-state index in [0.29, 0.717) is 24.6 Å². The molecule has 0 atom stereocenters. The second-order valence-corrected chi connectivity index (χ2v) is 8.14. The van der Waals surface area contributed by atoms with E-state index < -0.39 is 0 Å². The molecular weight excluding hydrogens is 454 g/mol. The van der Waals surface area contributed by atoms with Crippen LogP contribution in [0.25, 0.3) is 28.3 Å². The van der Waals surface area contributed by atoms with E-state index in [1.54, 1.807) is 25.7 Å². The van der Waals surface area contributed by atoms with E-state index >= 15 is 0 Å². The van der Waals surface area contributed by atoms with Crippen molar-refractivity contribution in [3.8, 4) is 34.0 Å². The fraction of sp³-hybridized carbons (Fsp3) is 0.143. The largest absolute Gasteiger partial charge is 0.497 e. The van der Waals surface area contributed by atoms with Gasteiger partial charge in [-0.25, -0.2) is 9.67 Å². The number of carbonyl (C=O) groups excluding carboxylic acids is 1. The van der Waals surface area contributed by atoms with Gasteiger partial charge in [0.15, 0.2) is 11.7 Å². The summed E-state index contributed by atoms with van der Waals surface area (Å²) < 4.78 is 12.8. The van der Waals surface area contributed by atoms with Crippen LogP contribution in [0.5, 0.6) is 5.75 Å². The van der Waals surface area contributed by atoms with Crippen LogP contribution < -0.4 is 10.1 Å². The minimum atomic E-state index is -0.0904. The molecule has 1 N–H and O–H groups in total. The monoisotopic (exact) mass is 479 g/mol. The molecule has 5 rings (SSSR count). The molecule has 0 saturated carbocycles. The zero-order chi connectivity index (χ0) is 24.7. The molecule has 5 aromatic rings. The molecule has 0 aliphatic carbocycles. The van der Waals surface area contributed by atoms with Crippen LogP contribution >= 0.6 is 0 Å². The topological polar surface area (TPSA) is 95.1 Å². The third-order valence-corrected chi connectivity index (χ3v) is 5.73. The normalized spacial score (nSPS) is 10.8. The minimum Gasteiger partial charge on any atom is -0.497 e. The fourth-order valence-electron chi connectivity index (χ4n) is 3.82. The van der Waals surface area contributed by atoms with Crippen molar-refractivity contribution in [2.45, 2.75) is 19.4 Å². The van der Waals surface area contributed by atoms with Crippen LogP contribution in [-0.4, -0.2) is 32.8 Å². The van der Waals surface area contributed by atoms with Gasteiger partial charge in [0, 0.05) is 54.7 Å². The molecule has 1 amide bonds. The second-order valence-electron chi connectivity index (χ2n) is 8.14. The molecule has 0 fully saturated rings. The Kier molecular flexibility index (Phi) is 6.84. The van der Waals surface area contributed by atoms with E-state index in [2.05, 4.69) is 15.3 Å². The number of oxazole rings is 1. The molecule has 3 heterocycles. The molecule has 0 bridgehead atoms. The first-order valence-electron chi connectivity index (χ1n) is 11.6. The SMILES string of the molecule is COc1ccc(-c2cnc(CCC(=O)NCc3cn(-c4ccccc4)nc3-c3ccncc3)o2)cc1. The number of hydrogen-bond donors (Lipinski definition) is 1. The van der Waals surface area contributed by atoms with E-state index in [0.717, 1.165) is 33.8 Å². The van der Waals surface area contributed by atoms with Gasteiger partial charge in [-0.15, -0.1) is 0 Å². The van der Waals surface area contributed by atoms with Crippen molar-refractivity contribution in [3.63, 3.8) is 0 Å². The first-order chi connectivity index (χ1) is 17.7. The molecule has 8 heteroatoms. The molecule has 0 aliphatic heterocycles. The summed E-state index contributed by atoms with van der Waals surface area (Å²) in [6.07, 6.45) is 7.75. The van der Waals surface area contributed by atoms with Crippen molar-refractivity contribution in [1.82, 2.24) is 25.1 Å². The Morgan fingerprint density at radius 3 is 2.53 bits per heavy atom. The fourth-order valence-corrected chi connectivity index (χ4v) is 3.82. The zero-order valence-corrected chi connectivity index (χ0v) is 19.8. The molecule has 36 heavy (non-hydrogen) atoms. The number of nitrogens with one attached hydrogen (secondary N) is 1. The van der Waals surface area contributed by atoms with E-state index in [1.165, 1.54) is 0 Å². The van der Waals surface area contributed by atoms with Crippen molar-refractivity contribution in [2.24, 2.45) is 0 Å². The summed E-state index contributed by atoms with van der Waals surface area (Å²) in [6, 6.07) is 21.2. The molecule has 0 radical (unpaired) electrons. The summed E-state index contributed by atoms with van der Waals surface area (Å²) in [5.41, 5.74) is 4.50. The lowest BCUT2D eigenvalue weighted by molar-refractivity contribution is -0.121. The maximum absolute atomic E-state index is 12.6. The maximum atomic E-state index is 12.6. The Morgan fingerprint density at radius 2 is 1.78 bits per heavy atom. The average molecular weight is 480 g/mol. The molecule has 2 aromatic carbocycles. The Hall–Kier alpha value is -4.72. The van der Waals surface area contributed by atoms with Crippen molar-refractivity contribution >= 4 is 5.91 Å². The number of aryl methyl sites for hydroxylation is 1. The Bertz CT molecular complexity index is 1430. The van der Waals surface area contributed by atoms with Gasteiger partial charge < -0.3 is 14.5 Å². The lowest BCUT2D eigenvalue weighted by atomic mass is 10.1. The molecule has 180 valence electrons. The summed E-state index contributed by atoms with van der Waals surface area (Å²) in [6.45, 7) is 0.353. The van der Waals surface area contributed by atoms with Gasteiger partial charge in [0.2, 0.25) is 5.91 Å². The number of benzene rings is 2. The average Bonchev–Trinajstić information content (AvgIpc) is 3.59. The maximum Gasteiger partial charge on any atom is 0.220 e. The minimum absolute atomic E-state index is 0.0904. The molecule has 0 aliphatic rings. The van der Waals surface area contributed by atoms with Crippen LogP contribution in [0.15, 0.2) is 95.9 Å². The van der Waals surface area contributed by atoms with E-state index in [-0.39, 0.29) is 12.3 Å². The molecule has 0 saturated heterocycles. The number of aromatic nitrogens is 4. The zero-order valence-electron chi connectivity index (χ0n) is 19.8. The highest BCUT2D eigenvalue weighted by molar-refractivity contribution is 5.76. The van der Waals surface area contributed by atoms with Crippen molar-refractivity contribution in [2.75, 3.05) is 7.11 Å².